The molecular weight excluding hydrogens is 591 g/mol. The number of rotatable bonds is 8. The Hall–Kier alpha value is -5.34. The molecular formula is C43H33N2OP. The van der Waals surface area contributed by atoms with Gasteiger partial charge in [-0.1, -0.05) is 158 Å². The Morgan fingerprint density at radius 1 is 0.468 bits per heavy atom. The van der Waals surface area contributed by atoms with Gasteiger partial charge in [0.25, 0.3) is 0 Å². The fraction of sp³-hybridized carbons (Fsp3) is 0.0465. The van der Waals surface area contributed by atoms with Crippen LogP contribution in [0.3, 0.4) is 0 Å². The van der Waals surface area contributed by atoms with Gasteiger partial charge >= 0.3 is 0 Å². The number of fused-ring (bicyclic) bond motifs is 4. The fourth-order valence-corrected chi connectivity index (χ4v) is 9.32. The highest BCUT2D eigenvalue weighted by Crippen LogP contribution is 2.48. The third kappa shape index (κ3) is 5.34. The summed E-state index contributed by atoms with van der Waals surface area (Å²) in [7, 11) is -3.38. The molecule has 0 unspecified atom stereocenters. The van der Waals surface area contributed by atoms with E-state index in [1.54, 1.807) is 0 Å². The van der Waals surface area contributed by atoms with E-state index in [4.69, 9.17) is 4.99 Å². The van der Waals surface area contributed by atoms with Crippen LogP contribution in [0.5, 0.6) is 0 Å². The highest BCUT2D eigenvalue weighted by atomic mass is 31.2. The molecule has 8 rings (SSSR count). The molecule has 226 valence electrons. The topological polar surface area (TPSA) is 41.5 Å². The summed E-state index contributed by atoms with van der Waals surface area (Å²) in [4.78, 5) is 5.76. The van der Waals surface area contributed by atoms with Gasteiger partial charge in [-0.2, -0.15) is 0 Å². The second-order valence-electron chi connectivity index (χ2n) is 11.9. The van der Waals surface area contributed by atoms with Gasteiger partial charge in [0, 0.05) is 21.7 Å². The molecule has 0 bridgehead atoms. The van der Waals surface area contributed by atoms with E-state index in [2.05, 4.69) is 108 Å². The summed E-state index contributed by atoms with van der Waals surface area (Å²) in [5.74, 6) is 0. The Bertz CT molecular complexity index is 2170. The summed E-state index contributed by atoms with van der Waals surface area (Å²) in [6.45, 7) is 0. The largest absolute Gasteiger partial charge is 0.297 e. The molecule has 0 saturated heterocycles. The van der Waals surface area contributed by atoms with Gasteiger partial charge in [0.1, 0.15) is 0 Å². The van der Waals surface area contributed by atoms with Crippen LogP contribution in [-0.4, -0.2) is 5.71 Å². The van der Waals surface area contributed by atoms with Crippen LogP contribution in [0.1, 0.15) is 34.3 Å². The normalized spacial score (nSPS) is 13.5. The molecule has 3 nitrogen and oxygen atoms in total. The van der Waals surface area contributed by atoms with Gasteiger partial charge in [-0.25, -0.2) is 0 Å². The standard InChI is InChI=1S/C43H33N2OP/c46-47(33-21-6-2-7-22-33,34-23-8-3-9-24-34)45-41(32-18-4-1-5-19-32)43(38-30-16-20-31-17-10-11-25-35(31)38)44-42-39-28-14-12-26-36(39)37-27-13-15-29-40(37)42/h1-30,41,43H,(H,45,46)/t41-,43-/m1/s1. The summed E-state index contributed by atoms with van der Waals surface area (Å²) in [5.41, 5.74) is 7.63. The predicted octanol–water partition coefficient (Wildman–Crippen LogP) is 9.66. The van der Waals surface area contributed by atoms with Crippen LogP contribution in [0.25, 0.3) is 21.9 Å². The van der Waals surface area contributed by atoms with Crippen molar-refractivity contribution in [1.29, 1.82) is 0 Å². The molecule has 7 aromatic carbocycles. The van der Waals surface area contributed by atoms with Crippen molar-refractivity contribution in [3.8, 4) is 11.1 Å². The first-order valence-corrected chi connectivity index (χ1v) is 17.7. The SMILES string of the molecule is O=P(N[C@H](c1ccccc1)[C@H](N=C1c2ccccc2-c2ccccc21)c1cccc2ccccc12)(c1ccccc1)c1ccccc1. The van der Waals surface area contributed by atoms with Gasteiger partial charge in [0.05, 0.1) is 17.8 Å². The molecule has 0 aliphatic heterocycles. The first-order valence-electron chi connectivity index (χ1n) is 16.0. The van der Waals surface area contributed by atoms with Crippen molar-refractivity contribution in [3.63, 3.8) is 0 Å². The van der Waals surface area contributed by atoms with E-state index in [1.165, 1.54) is 11.1 Å². The third-order valence-electron chi connectivity index (χ3n) is 9.10. The fourth-order valence-electron chi connectivity index (χ4n) is 6.86. The van der Waals surface area contributed by atoms with E-state index in [-0.39, 0.29) is 0 Å². The van der Waals surface area contributed by atoms with Crippen molar-refractivity contribution in [2.24, 2.45) is 4.99 Å². The van der Waals surface area contributed by atoms with Crippen molar-refractivity contribution < 1.29 is 4.57 Å². The lowest BCUT2D eigenvalue weighted by atomic mass is 9.90. The second-order valence-corrected chi connectivity index (χ2v) is 14.4. The smallest absolute Gasteiger partial charge is 0.205 e. The van der Waals surface area contributed by atoms with E-state index in [0.717, 1.165) is 49.3 Å². The number of hydrogen-bond donors (Lipinski definition) is 1. The van der Waals surface area contributed by atoms with Gasteiger partial charge < -0.3 is 0 Å². The third-order valence-corrected chi connectivity index (χ3v) is 11.8. The van der Waals surface area contributed by atoms with E-state index in [9.17, 15) is 0 Å². The average Bonchev–Trinajstić information content (AvgIpc) is 3.47. The maximum atomic E-state index is 15.7. The minimum atomic E-state index is -3.38. The number of nitrogens with zero attached hydrogens (tertiary/aromatic N) is 1. The summed E-state index contributed by atoms with van der Waals surface area (Å²) >= 11 is 0. The number of nitrogens with one attached hydrogen (secondary N) is 1. The maximum Gasteiger partial charge on any atom is 0.205 e. The van der Waals surface area contributed by atoms with Gasteiger partial charge in [-0.3, -0.25) is 14.6 Å². The van der Waals surface area contributed by atoms with Crippen LogP contribution in [0, 0.1) is 0 Å². The molecule has 1 aliphatic rings. The first kappa shape index (κ1) is 29.1. The van der Waals surface area contributed by atoms with Crippen molar-refractivity contribution >= 4 is 34.4 Å². The van der Waals surface area contributed by atoms with E-state index in [0.29, 0.717) is 0 Å². The maximum absolute atomic E-state index is 15.7. The van der Waals surface area contributed by atoms with E-state index < -0.39 is 19.4 Å². The predicted molar refractivity (Wildman–Crippen MR) is 196 cm³/mol. The summed E-state index contributed by atoms with van der Waals surface area (Å²) in [6, 6.07) is 61.0. The van der Waals surface area contributed by atoms with Crippen LogP contribution in [-0.2, 0) is 4.57 Å². The molecule has 1 aliphatic carbocycles. The van der Waals surface area contributed by atoms with Crippen LogP contribution in [0.2, 0.25) is 0 Å². The zero-order valence-corrected chi connectivity index (χ0v) is 26.7. The zero-order valence-electron chi connectivity index (χ0n) is 25.8. The molecule has 0 fully saturated rings. The summed E-state index contributed by atoms with van der Waals surface area (Å²) < 4.78 is 15.7. The van der Waals surface area contributed by atoms with Crippen molar-refractivity contribution in [2.45, 2.75) is 12.1 Å². The molecule has 0 radical (unpaired) electrons. The van der Waals surface area contributed by atoms with Gasteiger partial charge in [0.15, 0.2) is 0 Å². The monoisotopic (exact) mass is 624 g/mol. The molecule has 47 heavy (non-hydrogen) atoms. The summed E-state index contributed by atoms with van der Waals surface area (Å²) in [6.07, 6.45) is 0. The second kappa shape index (κ2) is 12.5. The summed E-state index contributed by atoms with van der Waals surface area (Å²) in [5, 5.41) is 7.60. The lowest BCUT2D eigenvalue weighted by Gasteiger charge is -2.32. The number of aliphatic imine (C=N–C) groups is 1. The highest BCUT2D eigenvalue weighted by molar-refractivity contribution is 7.76. The number of benzene rings is 7. The molecule has 0 spiro atoms. The lowest BCUT2D eigenvalue weighted by Crippen LogP contribution is -2.33. The Balaban J connectivity index is 1.41. The van der Waals surface area contributed by atoms with E-state index in [1.807, 2.05) is 78.9 Å². The minimum absolute atomic E-state index is 0.432. The molecule has 0 heterocycles. The molecule has 2 atom stereocenters. The molecule has 7 aromatic rings. The van der Waals surface area contributed by atoms with Gasteiger partial charge in [-0.15, -0.1) is 0 Å². The van der Waals surface area contributed by atoms with Crippen LogP contribution in [0.15, 0.2) is 187 Å². The zero-order chi connectivity index (χ0) is 31.6. The van der Waals surface area contributed by atoms with Crippen LogP contribution in [0.4, 0.5) is 0 Å². The van der Waals surface area contributed by atoms with Crippen LogP contribution >= 0.6 is 7.29 Å². The van der Waals surface area contributed by atoms with Crippen molar-refractivity contribution in [1.82, 2.24) is 5.09 Å². The van der Waals surface area contributed by atoms with Crippen molar-refractivity contribution in [2.75, 3.05) is 0 Å². The van der Waals surface area contributed by atoms with Crippen LogP contribution < -0.4 is 15.7 Å². The molecule has 4 heteroatoms. The lowest BCUT2D eigenvalue weighted by molar-refractivity contribution is 0.515. The Labute approximate surface area is 275 Å². The Morgan fingerprint density at radius 2 is 0.936 bits per heavy atom. The Morgan fingerprint density at radius 3 is 1.53 bits per heavy atom. The quantitative estimate of drug-likeness (QED) is 0.171. The van der Waals surface area contributed by atoms with Gasteiger partial charge in [-0.05, 0) is 57.3 Å². The Kier molecular flexibility index (Phi) is 7.71. The molecule has 0 aromatic heterocycles. The van der Waals surface area contributed by atoms with Crippen molar-refractivity contribution in [3.05, 3.63) is 204 Å². The van der Waals surface area contributed by atoms with Gasteiger partial charge in [0.2, 0.25) is 7.29 Å². The average molecular weight is 625 g/mol. The highest BCUT2D eigenvalue weighted by Gasteiger charge is 2.37. The minimum Gasteiger partial charge on any atom is -0.297 e. The first-order chi connectivity index (χ1) is 23.2. The molecule has 0 amide bonds. The molecule has 0 saturated carbocycles. The molecule has 1 N–H and O–H groups in total. The van der Waals surface area contributed by atoms with E-state index >= 15 is 4.57 Å². The number of hydrogen-bond acceptors (Lipinski definition) is 2.